The van der Waals surface area contributed by atoms with Crippen molar-refractivity contribution >= 4 is 44.6 Å². The lowest BCUT2D eigenvalue weighted by atomic mass is 9.88. The number of fused-ring (bicyclic) bond motifs is 5. The Morgan fingerprint density at radius 3 is 2.12 bits per heavy atom. The van der Waals surface area contributed by atoms with E-state index in [-0.39, 0.29) is 5.97 Å². The maximum atomic E-state index is 12.4. The van der Waals surface area contributed by atoms with Gasteiger partial charge in [0.25, 0.3) is 0 Å². The average Bonchev–Trinajstić information content (AvgIpc) is 2.66. The minimum absolute atomic E-state index is 0.375. The van der Waals surface area contributed by atoms with Crippen molar-refractivity contribution in [3.8, 4) is 0 Å². The molecule has 0 fully saturated rings. The van der Waals surface area contributed by atoms with E-state index in [1.807, 2.05) is 49.4 Å². The fourth-order valence-electron chi connectivity index (χ4n) is 3.92. The smallest absolute Gasteiger partial charge is 0.338 e. The second kappa shape index (κ2) is 5.95. The highest BCUT2D eigenvalue weighted by Gasteiger charge is 2.18. The first-order valence-electron chi connectivity index (χ1n) is 8.48. The largest absolute Gasteiger partial charge is 0.465 e. The van der Waals surface area contributed by atoms with Crippen molar-refractivity contribution < 1.29 is 14.3 Å². The maximum Gasteiger partial charge on any atom is 0.338 e. The van der Waals surface area contributed by atoms with E-state index >= 15 is 0 Å². The van der Waals surface area contributed by atoms with Crippen LogP contribution in [0.3, 0.4) is 0 Å². The lowest BCUT2D eigenvalue weighted by molar-refractivity contribution is 0.0603. The van der Waals surface area contributed by atoms with Crippen molar-refractivity contribution in [2.45, 2.75) is 13.8 Å². The normalized spacial score (nSPS) is 11.2. The van der Waals surface area contributed by atoms with E-state index in [1.165, 1.54) is 7.11 Å². The molecule has 0 saturated heterocycles. The summed E-state index contributed by atoms with van der Waals surface area (Å²) in [5.41, 5.74) is 3.33. The molecule has 0 spiro atoms. The number of hydrogen-bond donors (Lipinski definition) is 0. The predicted octanol–water partition coefficient (Wildman–Crippen LogP) is 5.36. The van der Waals surface area contributed by atoms with Gasteiger partial charge in [-0.1, -0.05) is 36.4 Å². The zero-order valence-electron chi connectivity index (χ0n) is 14.9. The molecule has 0 unspecified atom stereocenters. The molecule has 0 saturated carbocycles. The fourth-order valence-corrected chi connectivity index (χ4v) is 3.92. The van der Waals surface area contributed by atoms with Crippen LogP contribution in [0.2, 0.25) is 0 Å². The molecule has 0 atom stereocenters. The first-order valence-corrected chi connectivity index (χ1v) is 8.48. The van der Waals surface area contributed by atoms with E-state index in [1.54, 1.807) is 0 Å². The second-order valence-electron chi connectivity index (χ2n) is 6.59. The van der Waals surface area contributed by atoms with Crippen molar-refractivity contribution in [3.63, 3.8) is 0 Å². The number of benzene rings is 4. The van der Waals surface area contributed by atoms with Gasteiger partial charge < -0.3 is 4.74 Å². The van der Waals surface area contributed by atoms with Gasteiger partial charge in [-0.25, -0.2) is 4.79 Å². The molecular formula is C23H18O3. The molecule has 0 amide bonds. The summed E-state index contributed by atoms with van der Waals surface area (Å²) in [6.45, 7) is 4.09. The van der Waals surface area contributed by atoms with Crippen LogP contribution in [0.25, 0.3) is 32.3 Å². The van der Waals surface area contributed by atoms with Crippen LogP contribution in [0, 0.1) is 13.8 Å². The predicted molar refractivity (Wildman–Crippen MR) is 105 cm³/mol. The van der Waals surface area contributed by atoms with Crippen LogP contribution in [0.15, 0.2) is 48.5 Å². The van der Waals surface area contributed by atoms with Gasteiger partial charge in [-0.05, 0) is 69.4 Å². The zero-order chi connectivity index (χ0) is 18.4. The molecule has 0 aliphatic carbocycles. The summed E-state index contributed by atoms with van der Waals surface area (Å²) in [6, 6.07) is 15.6. The molecular weight excluding hydrogens is 324 g/mol. The summed E-state index contributed by atoms with van der Waals surface area (Å²) in [6.07, 6.45) is 0.876. The number of aldehydes is 1. The Kier molecular flexibility index (Phi) is 3.73. The molecule has 4 aromatic rings. The molecule has 4 rings (SSSR count). The van der Waals surface area contributed by atoms with E-state index < -0.39 is 0 Å². The molecule has 0 radical (unpaired) electrons. The van der Waals surface area contributed by atoms with Gasteiger partial charge in [0.05, 0.1) is 12.7 Å². The van der Waals surface area contributed by atoms with Crippen molar-refractivity contribution in [2.24, 2.45) is 0 Å². The number of esters is 1. The number of rotatable bonds is 2. The number of carbonyl (C=O) groups excluding carboxylic acids is 2. The molecule has 0 N–H and O–H groups in total. The maximum absolute atomic E-state index is 12.4. The van der Waals surface area contributed by atoms with E-state index in [9.17, 15) is 9.59 Å². The number of carbonyl (C=O) groups is 2. The van der Waals surface area contributed by atoms with Crippen molar-refractivity contribution in [1.29, 1.82) is 0 Å². The Balaban J connectivity index is 2.39. The number of ether oxygens (including phenoxy) is 1. The van der Waals surface area contributed by atoms with Gasteiger partial charge in [0.2, 0.25) is 0 Å². The van der Waals surface area contributed by atoms with Gasteiger partial charge in [0, 0.05) is 5.56 Å². The van der Waals surface area contributed by atoms with Crippen LogP contribution in [-0.4, -0.2) is 19.4 Å². The highest BCUT2D eigenvalue weighted by Crippen LogP contribution is 2.38. The van der Waals surface area contributed by atoms with Crippen LogP contribution in [0.1, 0.15) is 31.8 Å². The summed E-state index contributed by atoms with van der Waals surface area (Å²) < 4.78 is 4.99. The topological polar surface area (TPSA) is 43.4 Å². The molecule has 4 aromatic carbocycles. The van der Waals surface area contributed by atoms with E-state index in [2.05, 4.69) is 13.0 Å². The number of hydrogen-bond acceptors (Lipinski definition) is 3. The molecule has 0 aliphatic rings. The first kappa shape index (κ1) is 16.3. The first-order chi connectivity index (χ1) is 12.6. The van der Waals surface area contributed by atoms with Crippen LogP contribution in [0.4, 0.5) is 0 Å². The molecule has 3 nitrogen and oxygen atoms in total. The van der Waals surface area contributed by atoms with Crippen LogP contribution >= 0.6 is 0 Å². The SMILES string of the molecule is COC(=O)c1cc2cc(C=O)c3cccc(C)c3c2c2c(C)cccc12. The van der Waals surface area contributed by atoms with E-state index in [0.29, 0.717) is 11.1 Å². The van der Waals surface area contributed by atoms with Gasteiger partial charge in [-0.2, -0.15) is 0 Å². The molecule has 26 heavy (non-hydrogen) atoms. The summed E-state index contributed by atoms with van der Waals surface area (Å²) in [7, 11) is 1.38. The Morgan fingerprint density at radius 1 is 0.885 bits per heavy atom. The third kappa shape index (κ3) is 2.21. The average molecular weight is 342 g/mol. The summed E-state index contributed by atoms with van der Waals surface area (Å²) in [4.78, 5) is 24.1. The minimum Gasteiger partial charge on any atom is -0.465 e. The van der Waals surface area contributed by atoms with E-state index in [0.717, 1.165) is 49.7 Å². The van der Waals surface area contributed by atoms with Crippen molar-refractivity contribution in [2.75, 3.05) is 7.11 Å². The third-order valence-electron chi connectivity index (χ3n) is 5.08. The Hall–Kier alpha value is -3.20. The molecule has 128 valence electrons. The lowest BCUT2D eigenvalue weighted by Crippen LogP contribution is -2.03. The van der Waals surface area contributed by atoms with Crippen molar-refractivity contribution in [1.82, 2.24) is 0 Å². The van der Waals surface area contributed by atoms with Crippen LogP contribution in [0.5, 0.6) is 0 Å². The van der Waals surface area contributed by atoms with Gasteiger partial charge >= 0.3 is 5.97 Å². The molecule has 0 heterocycles. The van der Waals surface area contributed by atoms with Gasteiger partial charge in [-0.15, -0.1) is 0 Å². The van der Waals surface area contributed by atoms with Gasteiger partial charge in [0.1, 0.15) is 0 Å². The highest BCUT2D eigenvalue weighted by atomic mass is 16.5. The summed E-state index contributed by atoms with van der Waals surface area (Å²) in [5.74, 6) is -0.375. The molecule has 0 aliphatic heterocycles. The van der Waals surface area contributed by atoms with E-state index in [4.69, 9.17) is 4.74 Å². The number of methoxy groups -OCH3 is 1. The van der Waals surface area contributed by atoms with Crippen LogP contribution in [-0.2, 0) is 4.74 Å². The molecule has 0 aromatic heterocycles. The van der Waals surface area contributed by atoms with Crippen LogP contribution < -0.4 is 0 Å². The van der Waals surface area contributed by atoms with Gasteiger partial charge in [0.15, 0.2) is 6.29 Å². The summed E-state index contributed by atoms with van der Waals surface area (Å²) in [5, 5.41) is 5.83. The Morgan fingerprint density at radius 2 is 1.50 bits per heavy atom. The lowest BCUT2D eigenvalue weighted by Gasteiger charge is -2.16. The van der Waals surface area contributed by atoms with Crippen molar-refractivity contribution in [3.05, 3.63) is 70.8 Å². The zero-order valence-corrected chi connectivity index (χ0v) is 14.9. The molecule has 3 heteroatoms. The number of aryl methyl sites for hydroxylation is 2. The standard InChI is InChI=1S/C23H18O3/c1-13-6-4-8-17-16(12-24)10-15-11-19(23(25)26-3)18-9-5-7-14(2)21(18)22(15)20(13)17/h4-12H,1-3H3. The Bertz CT molecular complexity index is 1220. The minimum atomic E-state index is -0.375. The summed E-state index contributed by atoms with van der Waals surface area (Å²) >= 11 is 0. The third-order valence-corrected chi connectivity index (χ3v) is 5.08. The monoisotopic (exact) mass is 342 g/mol. The quantitative estimate of drug-likeness (QED) is 0.280. The Labute approximate surface area is 151 Å². The molecule has 0 bridgehead atoms. The van der Waals surface area contributed by atoms with Gasteiger partial charge in [-0.3, -0.25) is 4.79 Å². The fraction of sp³-hybridized carbons (Fsp3) is 0.130. The highest BCUT2D eigenvalue weighted by molar-refractivity contribution is 6.27. The second-order valence-corrected chi connectivity index (χ2v) is 6.59.